The van der Waals surface area contributed by atoms with Gasteiger partial charge in [-0.05, 0) is 50.9 Å². The molecule has 7 heteroatoms. The van der Waals surface area contributed by atoms with Gasteiger partial charge in [-0.3, -0.25) is 4.79 Å². The fraction of sp³-hybridized carbons (Fsp3) is 0.611. The number of fused-ring (bicyclic) bond motifs is 1. The average Bonchev–Trinajstić information content (AvgIpc) is 2.96. The Hall–Kier alpha value is -1.44. The van der Waals surface area contributed by atoms with Crippen molar-refractivity contribution in [3.8, 4) is 0 Å². The van der Waals surface area contributed by atoms with Crippen molar-refractivity contribution in [3.05, 3.63) is 29.3 Å². The molecule has 1 aliphatic carbocycles. The first-order valence-corrected chi connectivity index (χ1v) is 10.1. The molecule has 0 bridgehead atoms. The van der Waals surface area contributed by atoms with Crippen LogP contribution in [0.1, 0.15) is 25.0 Å². The van der Waals surface area contributed by atoms with Gasteiger partial charge in [-0.15, -0.1) is 0 Å². The number of hydrogen-bond donors (Lipinski definition) is 0. The number of carbonyl (C=O) groups is 1. The summed E-state index contributed by atoms with van der Waals surface area (Å²) in [6, 6.07) is 5.18. The van der Waals surface area contributed by atoms with E-state index in [1.54, 1.807) is 16.4 Å². The molecule has 138 valence electrons. The Bertz CT molecular complexity index is 765. The number of carbonyl (C=O) groups excluding carboxylic acids is 1. The van der Waals surface area contributed by atoms with E-state index in [-0.39, 0.29) is 24.0 Å². The van der Waals surface area contributed by atoms with Gasteiger partial charge >= 0.3 is 5.97 Å². The van der Waals surface area contributed by atoms with Gasteiger partial charge in [0.05, 0.1) is 17.9 Å². The van der Waals surface area contributed by atoms with Crippen molar-refractivity contribution >= 4 is 16.0 Å². The molecule has 1 aromatic rings. The number of hydrogen-bond acceptors (Lipinski definition) is 5. The van der Waals surface area contributed by atoms with E-state index in [9.17, 15) is 13.2 Å². The molecule has 0 radical (unpaired) electrons. The molecule has 3 atom stereocenters. The van der Waals surface area contributed by atoms with Gasteiger partial charge in [0.15, 0.2) is 0 Å². The maximum atomic E-state index is 13.4. The molecular formula is C18H26N2O4S. The van der Waals surface area contributed by atoms with Crippen LogP contribution in [0.4, 0.5) is 0 Å². The smallest absolute Gasteiger partial charge is 0.309 e. The van der Waals surface area contributed by atoms with Crippen LogP contribution in [0.25, 0.3) is 0 Å². The topological polar surface area (TPSA) is 66.9 Å². The van der Waals surface area contributed by atoms with Crippen molar-refractivity contribution in [2.24, 2.45) is 5.92 Å². The van der Waals surface area contributed by atoms with Gasteiger partial charge in [0.25, 0.3) is 0 Å². The van der Waals surface area contributed by atoms with E-state index in [0.29, 0.717) is 30.8 Å². The molecule has 1 saturated heterocycles. The molecule has 3 rings (SSSR count). The average molecular weight is 366 g/mol. The molecule has 1 unspecified atom stereocenters. The van der Waals surface area contributed by atoms with Crippen molar-refractivity contribution < 1.29 is 17.9 Å². The van der Waals surface area contributed by atoms with E-state index >= 15 is 0 Å². The highest BCUT2D eigenvalue weighted by Gasteiger charge is 2.40. The van der Waals surface area contributed by atoms with E-state index < -0.39 is 10.0 Å². The van der Waals surface area contributed by atoms with Crippen LogP contribution >= 0.6 is 0 Å². The van der Waals surface area contributed by atoms with E-state index in [1.807, 2.05) is 27.0 Å². The zero-order valence-electron chi connectivity index (χ0n) is 15.2. The molecule has 0 aromatic heterocycles. The summed E-state index contributed by atoms with van der Waals surface area (Å²) in [6.07, 6.45) is 0.965. The highest BCUT2D eigenvalue weighted by Crippen LogP contribution is 2.35. The second-order valence-electron chi connectivity index (χ2n) is 7.28. The van der Waals surface area contributed by atoms with Gasteiger partial charge in [0.1, 0.15) is 0 Å². The number of ether oxygens (including phenoxy) is 1. The van der Waals surface area contributed by atoms with Crippen molar-refractivity contribution in [1.29, 1.82) is 0 Å². The standard InChI is InChI=1S/C18H26N2O4S/c1-12-10-19(3)11-13(2)20(12)25(22,23)17-7-5-6-14-8-15(9-16(14)17)18(21)24-4/h5-7,12-13,15H,8-11H2,1-4H3/t12-,13+,15?. The Kier molecular flexibility index (Phi) is 4.92. The summed E-state index contributed by atoms with van der Waals surface area (Å²) in [5, 5.41) is 0. The molecule has 25 heavy (non-hydrogen) atoms. The van der Waals surface area contributed by atoms with Crippen molar-refractivity contribution in [2.45, 2.75) is 43.7 Å². The first-order valence-electron chi connectivity index (χ1n) is 8.66. The van der Waals surface area contributed by atoms with Gasteiger partial charge in [-0.2, -0.15) is 4.31 Å². The predicted molar refractivity (Wildman–Crippen MR) is 94.8 cm³/mol. The van der Waals surface area contributed by atoms with E-state index in [2.05, 4.69) is 4.90 Å². The molecule has 0 N–H and O–H groups in total. The number of esters is 1. The summed E-state index contributed by atoms with van der Waals surface area (Å²) in [4.78, 5) is 14.4. The third-order valence-corrected chi connectivity index (χ3v) is 7.47. The third-order valence-electron chi connectivity index (χ3n) is 5.26. The van der Waals surface area contributed by atoms with Crippen LogP contribution in [0, 0.1) is 5.92 Å². The number of sulfonamides is 1. The van der Waals surface area contributed by atoms with Gasteiger partial charge in [-0.25, -0.2) is 8.42 Å². The maximum absolute atomic E-state index is 13.4. The molecule has 1 aliphatic heterocycles. The molecule has 1 aromatic carbocycles. The van der Waals surface area contributed by atoms with Crippen LogP contribution in [0.2, 0.25) is 0 Å². The lowest BCUT2D eigenvalue weighted by molar-refractivity contribution is -0.145. The van der Waals surface area contributed by atoms with E-state index in [1.165, 1.54) is 7.11 Å². The quantitative estimate of drug-likeness (QED) is 0.754. The predicted octanol–water partition coefficient (Wildman–Crippen LogP) is 1.29. The Morgan fingerprint density at radius 2 is 1.80 bits per heavy atom. The second-order valence-corrected chi connectivity index (χ2v) is 9.09. The molecule has 1 heterocycles. The number of benzene rings is 1. The highest BCUT2D eigenvalue weighted by molar-refractivity contribution is 7.89. The second kappa shape index (κ2) is 6.70. The number of likely N-dealkylation sites (N-methyl/N-ethyl adjacent to an activating group) is 1. The molecule has 0 spiro atoms. The van der Waals surface area contributed by atoms with Crippen LogP contribution in [0.5, 0.6) is 0 Å². The van der Waals surface area contributed by atoms with Gasteiger partial charge in [0.2, 0.25) is 10.0 Å². The lowest BCUT2D eigenvalue weighted by Crippen LogP contribution is -2.57. The van der Waals surface area contributed by atoms with Gasteiger partial charge in [0, 0.05) is 25.2 Å². The van der Waals surface area contributed by atoms with E-state index in [4.69, 9.17) is 4.74 Å². The zero-order valence-corrected chi connectivity index (χ0v) is 16.0. The fourth-order valence-electron chi connectivity index (χ4n) is 4.35. The number of rotatable bonds is 3. The van der Waals surface area contributed by atoms with Crippen LogP contribution in [0.3, 0.4) is 0 Å². The Morgan fingerprint density at radius 3 is 2.40 bits per heavy atom. The van der Waals surface area contributed by atoms with Gasteiger partial charge < -0.3 is 9.64 Å². The number of methoxy groups -OCH3 is 1. The zero-order chi connectivity index (χ0) is 18.4. The normalized spacial score (nSPS) is 27.9. The largest absolute Gasteiger partial charge is 0.469 e. The number of piperazine rings is 1. The summed E-state index contributed by atoms with van der Waals surface area (Å²) in [7, 11) is -0.227. The first-order chi connectivity index (χ1) is 11.8. The molecule has 2 aliphatic rings. The minimum absolute atomic E-state index is 0.0904. The summed E-state index contributed by atoms with van der Waals surface area (Å²) in [6.45, 7) is 5.32. The Morgan fingerprint density at radius 1 is 1.16 bits per heavy atom. The molecular weight excluding hydrogens is 340 g/mol. The van der Waals surface area contributed by atoms with Crippen LogP contribution in [-0.4, -0.2) is 62.9 Å². The SMILES string of the molecule is COC(=O)C1Cc2cccc(S(=O)(=O)N3[C@H](C)CN(C)C[C@@H]3C)c2C1. The first kappa shape index (κ1) is 18.4. The number of nitrogens with zero attached hydrogens (tertiary/aromatic N) is 2. The minimum atomic E-state index is -3.61. The molecule has 6 nitrogen and oxygen atoms in total. The maximum Gasteiger partial charge on any atom is 0.309 e. The van der Waals surface area contributed by atoms with Crippen molar-refractivity contribution in [3.63, 3.8) is 0 Å². The lowest BCUT2D eigenvalue weighted by Gasteiger charge is -2.42. The molecule has 0 amide bonds. The van der Waals surface area contributed by atoms with Crippen molar-refractivity contribution in [2.75, 3.05) is 27.2 Å². The van der Waals surface area contributed by atoms with Gasteiger partial charge in [-0.1, -0.05) is 12.1 Å². The van der Waals surface area contributed by atoms with Crippen LogP contribution in [-0.2, 0) is 32.4 Å². The summed E-state index contributed by atoms with van der Waals surface area (Å²) >= 11 is 0. The minimum Gasteiger partial charge on any atom is -0.469 e. The molecule has 1 fully saturated rings. The lowest BCUT2D eigenvalue weighted by atomic mass is 10.1. The summed E-state index contributed by atoms with van der Waals surface area (Å²) in [5.74, 6) is -0.570. The van der Waals surface area contributed by atoms with Crippen LogP contribution in [0.15, 0.2) is 23.1 Å². The van der Waals surface area contributed by atoms with E-state index in [0.717, 1.165) is 11.1 Å². The Balaban J connectivity index is 1.98. The van der Waals surface area contributed by atoms with Crippen molar-refractivity contribution in [1.82, 2.24) is 9.21 Å². The summed E-state index contributed by atoms with van der Waals surface area (Å²) < 4.78 is 33.3. The highest BCUT2D eigenvalue weighted by atomic mass is 32.2. The summed E-state index contributed by atoms with van der Waals surface area (Å²) in [5.41, 5.74) is 1.71. The monoisotopic (exact) mass is 366 g/mol. The van der Waals surface area contributed by atoms with Crippen LogP contribution < -0.4 is 0 Å². The molecule has 0 saturated carbocycles. The Labute approximate surface area is 149 Å². The third kappa shape index (κ3) is 3.20. The fourth-order valence-corrected chi connectivity index (χ4v) is 6.44.